The van der Waals surface area contributed by atoms with Crippen molar-refractivity contribution in [3.63, 3.8) is 0 Å². The highest BCUT2D eigenvalue weighted by Gasteiger charge is 2.06. The number of ketones is 1. The number of rotatable bonds is 5. The summed E-state index contributed by atoms with van der Waals surface area (Å²) in [5, 5.41) is 3.99. The molecule has 0 saturated heterocycles. The van der Waals surface area contributed by atoms with Gasteiger partial charge < -0.3 is 4.74 Å². The van der Waals surface area contributed by atoms with Gasteiger partial charge in [0.1, 0.15) is 6.61 Å². The second kappa shape index (κ2) is 4.91. The SMILES string of the molecule is CC(C)OCC(=O)Cc1cnn(C)c1. The first-order valence-electron chi connectivity index (χ1n) is 4.68. The standard InChI is InChI=1S/C10H16N2O2/c1-8(2)14-7-10(13)4-9-5-11-12(3)6-9/h5-6,8H,4,7H2,1-3H3. The quantitative estimate of drug-likeness (QED) is 0.704. The van der Waals surface area contributed by atoms with Gasteiger partial charge in [0.25, 0.3) is 0 Å². The molecule has 0 unspecified atom stereocenters. The molecule has 1 aromatic heterocycles. The Hall–Kier alpha value is -1.16. The third kappa shape index (κ3) is 3.70. The van der Waals surface area contributed by atoms with Gasteiger partial charge in [-0.05, 0) is 19.4 Å². The number of hydrogen-bond acceptors (Lipinski definition) is 3. The molecule has 4 nitrogen and oxygen atoms in total. The number of ether oxygens (including phenoxy) is 1. The first-order chi connectivity index (χ1) is 6.58. The Morgan fingerprint density at radius 3 is 2.86 bits per heavy atom. The molecular weight excluding hydrogens is 180 g/mol. The molecule has 0 spiro atoms. The van der Waals surface area contributed by atoms with Crippen LogP contribution in [-0.4, -0.2) is 28.3 Å². The zero-order chi connectivity index (χ0) is 10.6. The van der Waals surface area contributed by atoms with Gasteiger partial charge in [-0.25, -0.2) is 0 Å². The lowest BCUT2D eigenvalue weighted by molar-refractivity contribution is -0.124. The molecule has 14 heavy (non-hydrogen) atoms. The van der Waals surface area contributed by atoms with Crippen LogP contribution in [0.25, 0.3) is 0 Å². The molecule has 0 fully saturated rings. The molecule has 0 aliphatic carbocycles. The van der Waals surface area contributed by atoms with Crippen LogP contribution in [0.1, 0.15) is 19.4 Å². The summed E-state index contributed by atoms with van der Waals surface area (Å²) in [4.78, 5) is 11.4. The number of carbonyl (C=O) groups is 1. The Labute approximate surface area is 83.9 Å². The van der Waals surface area contributed by atoms with E-state index in [9.17, 15) is 4.79 Å². The molecule has 0 aliphatic heterocycles. The zero-order valence-electron chi connectivity index (χ0n) is 8.86. The normalized spacial score (nSPS) is 10.9. The average molecular weight is 196 g/mol. The van der Waals surface area contributed by atoms with Gasteiger partial charge in [0.2, 0.25) is 0 Å². The van der Waals surface area contributed by atoms with Crippen molar-refractivity contribution in [3.8, 4) is 0 Å². The fourth-order valence-corrected chi connectivity index (χ4v) is 1.10. The van der Waals surface area contributed by atoms with Crippen LogP contribution in [0.5, 0.6) is 0 Å². The number of carbonyl (C=O) groups excluding carboxylic acids is 1. The van der Waals surface area contributed by atoms with E-state index in [1.54, 1.807) is 10.9 Å². The number of nitrogens with zero attached hydrogens (tertiary/aromatic N) is 2. The minimum absolute atomic E-state index is 0.0895. The van der Waals surface area contributed by atoms with Crippen LogP contribution in [0.2, 0.25) is 0 Å². The van der Waals surface area contributed by atoms with E-state index in [0.717, 1.165) is 5.56 Å². The highest BCUT2D eigenvalue weighted by atomic mass is 16.5. The molecule has 1 heterocycles. The van der Waals surface area contributed by atoms with Crippen molar-refractivity contribution < 1.29 is 9.53 Å². The third-order valence-electron chi connectivity index (χ3n) is 1.74. The van der Waals surface area contributed by atoms with Crippen molar-refractivity contribution in [1.82, 2.24) is 9.78 Å². The first kappa shape index (κ1) is 10.9. The van der Waals surface area contributed by atoms with Gasteiger partial charge in [0.15, 0.2) is 5.78 Å². The highest BCUT2D eigenvalue weighted by Crippen LogP contribution is 1.99. The molecule has 1 aromatic rings. The Morgan fingerprint density at radius 1 is 1.64 bits per heavy atom. The van der Waals surface area contributed by atoms with Crippen LogP contribution in [0.3, 0.4) is 0 Å². The predicted octanol–water partition coefficient (Wildman–Crippen LogP) is 0.957. The largest absolute Gasteiger partial charge is 0.371 e. The summed E-state index contributed by atoms with van der Waals surface area (Å²) in [6.07, 6.45) is 4.05. The van der Waals surface area contributed by atoms with Gasteiger partial charge in [-0.1, -0.05) is 0 Å². The summed E-state index contributed by atoms with van der Waals surface area (Å²) in [6.45, 7) is 4.02. The first-order valence-corrected chi connectivity index (χ1v) is 4.68. The van der Waals surface area contributed by atoms with E-state index < -0.39 is 0 Å². The summed E-state index contributed by atoms with van der Waals surface area (Å²) in [5.41, 5.74) is 0.935. The lowest BCUT2D eigenvalue weighted by atomic mass is 10.2. The van der Waals surface area contributed by atoms with Crippen molar-refractivity contribution >= 4 is 5.78 Å². The second-order valence-electron chi connectivity index (χ2n) is 3.60. The monoisotopic (exact) mass is 196 g/mol. The van der Waals surface area contributed by atoms with Crippen LogP contribution < -0.4 is 0 Å². The molecule has 78 valence electrons. The van der Waals surface area contributed by atoms with E-state index >= 15 is 0 Å². The average Bonchev–Trinajstić information content (AvgIpc) is 2.48. The molecule has 0 bridgehead atoms. The zero-order valence-corrected chi connectivity index (χ0v) is 8.86. The lowest BCUT2D eigenvalue weighted by Gasteiger charge is -2.05. The van der Waals surface area contributed by atoms with Crippen LogP contribution >= 0.6 is 0 Å². The van der Waals surface area contributed by atoms with Gasteiger partial charge in [0.05, 0.1) is 12.3 Å². The fourth-order valence-electron chi connectivity index (χ4n) is 1.10. The Kier molecular flexibility index (Phi) is 3.83. The van der Waals surface area contributed by atoms with Gasteiger partial charge in [-0.3, -0.25) is 9.48 Å². The lowest BCUT2D eigenvalue weighted by Crippen LogP contribution is -2.14. The molecule has 0 atom stereocenters. The third-order valence-corrected chi connectivity index (χ3v) is 1.74. The smallest absolute Gasteiger partial charge is 0.162 e. The number of aryl methyl sites for hydroxylation is 1. The number of Topliss-reactive ketones (excluding diaryl/α,β-unsaturated/α-hetero) is 1. The van der Waals surface area contributed by atoms with Gasteiger partial charge >= 0.3 is 0 Å². The van der Waals surface area contributed by atoms with E-state index in [-0.39, 0.29) is 18.5 Å². The molecule has 0 N–H and O–H groups in total. The summed E-state index contributed by atoms with van der Waals surface area (Å²) in [5.74, 6) is 0.0895. The Morgan fingerprint density at radius 2 is 2.36 bits per heavy atom. The van der Waals surface area contributed by atoms with Crippen molar-refractivity contribution in [2.24, 2.45) is 7.05 Å². The van der Waals surface area contributed by atoms with E-state index in [1.165, 1.54) is 0 Å². The molecule has 0 amide bonds. The van der Waals surface area contributed by atoms with Gasteiger partial charge in [-0.2, -0.15) is 5.10 Å². The molecule has 1 rings (SSSR count). The Bertz CT molecular complexity index is 305. The van der Waals surface area contributed by atoms with Gasteiger partial charge in [0, 0.05) is 19.7 Å². The van der Waals surface area contributed by atoms with Crippen LogP contribution in [-0.2, 0) is 23.0 Å². The maximum Gasteiger partial charge on any atom is 0.162 e. The molecule has 0 aliphatic rings. The van der Waals surface area contributed by atoms with Crippen molar-refractivity contribution in [2.45, 2.75) is 26.4 Å². The molecule has 4 heteroatoms. The van der Waals surface area contributed by atoms with E-state index in [1.807, 2.05) is 27.1 Å². The summed E-state index contributed by atoms with van der Waals surface area (Å²) in [6, 6.07) is 0. The second-order valence-corrected chi connectivity index (χ2v) is 3.60. The minimum atomic E-state index is 0.0895. The summed E-state index contributed by atoms with van der Waals surface area (Å²) in [7, 11) is 1.83. The van der Waals surface area contributed by atoms with Gasteiger partial charge in [-0.15, -0.1) is 0 Å². The maximum absolute atomic E-state index is 11.4. The van der Waals surface area contributed by atoms with Crippen LogP contribution in [0, 0.1) is 0 Å². The molecule has 0 aromatic carbocycles. The maximum atomic E-state index is 11.4. The van der Waals surface area contributed by atoms with Crippen molar-refractivity contribution in [2.75, 3.05) is 6.61 Å². The fraction of sp³-hybridized carbons (Fsp3) is 0.600. The van der Waals surface area contributed by atoms with E-state index in [2.05, 4.69) is 5.10 Å². The van der Waals surface area contributed by atoms with Crippen molar-refractivity contribution in [3.05, 3.63) is 18.0 Å². The molecule has 0 radical (unpaired) electrons. The van der Waals surface area contributed by atoms with Crippen LogP contribution in [0.4, 0.5) is 0 Å². The molecule has 0 saturated carbocycles. The summed E-state index contributed by atoms with van der Waals surface area (Å²) >= 11 is 0. The summed E-state index contributed by atoms with van der Waals surface area (Å²) < 4.78 is 6.89. The minimum Gasteiger partial charge on any atom is -0.371 e. The Balaban J connectivity index is 2.34. The van der Waals surface area contributed by atoms with Crippen LogP contribution in [0.15, 0.2) is 12.4 Å². The predicted molar refractivity (Wildman–Crippen MR) is 53.0 cm³/mol. The highest BCUT2D eigenvalue weighted by molar-refractivity contribution is 5.81. The van der Waals surface area contributed by atoms with Crippen molar-refractivity contribution in [1.29, 1.82) is 0 Å². The van der Waals surface area contributed by atoms with E-state index in [0.29, 0.717) is 6.42 Å². The number of aromatic nitrogens is 2. The number of hydrogen-bond donors (Lipinski definition) is 0. The molecular formula is C10H16N2O2. The topological polar surface area (TPSA) is 44.1 Å². The van der Waals surface area contributed by atoms with E-state index in [4.69, 9.17) is 4.74 Å².